The predicted molar refractivity (Wildman–Crippen MR) is 148 cm³/mol. The van der Waals surface area contributed by atoms with Gasteiger partial charge in [-0.3, -0.25) is 19.2 Å². The molecule has 1 aliphatic rings. The van der Waals surface area contributed by atoms with Crippen LogP contribution in [0.2, 0.25) is 0 Å². The van der Waals surface area contributed by atoms with Gasteiger partial charge in [-0.25, -0.2) is 0 Å². The summed E-state index contributed by atoms with van der Waals surface area (Å²) in [6, 6.07) is 4.22. The number of aromatic amines is 1. The van der Waals surface area contributed by atoms with Crippen molar-refractivity contribution in [1.29, 1.82) is 0 Å². The number of nitrogens with one attached hydrogen (secondary N) is 5. The van der Waals surface area contributed by atoms with Crippen LogP contribution in [0.25, 0.3) is 10.9 Å². The molecule has 0 bridgehead atoms. The number of hydrogen-bond donors (Lipinski definition) is 5. The summed E-state index contributed by atoms with van der Waals surface area (Å²) in [5, 5.41) is 12.1. The third-order valence-electron chi connectivity index (χ3n) is 6.97. The highest BCUT2D eigenvalue weighted by molar-refractivity contribution is 6.01. The van der Waals surface area contributed by atoms with Gasteiger partial charge in [-0.15, -0.1) is 0 Å². The molecule has 2 aromatic rings. The summed E-state index contributed by atoms with van der Waals surface area (Å²) < 4.78 is 0. The van der Waals surface area contributed by atoms with Gasteiger partial charge >= 0.3 is 0 Å². The van der Waals surface area contributed by atoms with Gasteiger partial charge in [-0.05, 0) is 56.7 Å². The highest BCUT2D eigenvalue weighted by Crippen LogP contribution is 2.21. The molecule has 0 radical (unpaired) electrons. The molecule has 4 amide bonds. The summed E-state index contributed by atoms with van der Waals surface area (Å²) in [6.07, 6.45) is 4.55. The molecule has 4 atom stereocenters. The zero-order chi connectivity index (χ0) is 28.0. The first-order valence-electron chi connectivity index (χ1n) is 13.4. The molecule has 0 aliphatic carbocycles. The Morgan fingerprint density at radius 1 is 0.947 bits per heavy atom. The molecule has 1 aromatic carbocycles. The number of hydrogen-bond acceptors (Lipinski definition) is 4. The fourth-order valence-electron chi connectivity index (χ4n) is 4.72. The Hall–Kier alpha value is -3.62. The van der Waals surface area contributed by atoms with Crippen molar-refractivity contribution in [3.05, 3.63) is 47.8 Å². The molecule has 1 saturated heterocycles. The van der Waals surface area contributed by atoms with Crippen molar-refractivity contribution in [2.45, 2.75) is 84.8 Å². The van der Waals surface area contributed by atoms with Gasteiger partial charge in [0, 0.05) is 35.5 Å². The monoisotopic (exact) mass is 523 g/mol. The third-order valence-corrected chi connectivity index (χ3v) is 6.97. The molecule has 2 heterocycles. The van der Waals surface area contributed by atoms with Crippen LogP contribution in [0.5, 0.6) is 0 Å². The average molecular weight is 524 g/mol. The van der Waals surface area contributed by atoms with Crippen LogP contribution < -0.4 is 21.3 Å². The van der Waals surface area contributed by atoms with Gasteiger partial charge in [0.05, 0.1) is 5.70 Å². The lowest BCUT2D eigenvalue weighted by atomic mass is 9.98. The maximum Gasteiger partial charge on any atom is 0.267 e. The molecule has 38 heavy (non-hydrogen) atoms. The van der Waals surface area contributed by atoms with Gasteiger partial charge in [-0.1, -0.05) is 45.4 Å². The van der Waals surface area contributed by atoms with E-state index in [0.717, 1.165) is 28.5 Å². The number of H-pyrrole nitrogens is 1. The molecule has 1 fully saturated rings. The van der Waals surface area contributed by atoms with E-state index in [1.54, 1.807) is 0 Å². The lowest BCUT2D eigenvalue weighted by Gasteiger charge is -2.25. The highest BCUT2D eigenvalue weighted by atomic mass is 16.2. The second-order valence-electron chi connectivity index (χ2n) is 11.0. The number of aryl methyl sites for hydroxylation is 1. The van der Waals surface area contributed by atoms with E-state index < -0.39 is 23.9 Å². The number of benzene rings is 1. The summed E-state index contributed by atoms with van der Waals surface area (Å²) in [5.41, 5.74) is 2.71. The molecular weight excluding hydrogens is 482 g/mol. The van der Waals surface area contributed by atoms with E-state index in [-0.39, 0.29) is 41.8 Å². The average Bonchev–Trinajstić information content (AvgIpc) is 3.23. The first-order valence-corrected chi connectivity index (χ1v) is 13.4. The van der Waals surface area contributed by atoms with Crippen LogP contribution in [0.3, 0.4) is 0 Å². The summed E-state index contributed by atoms with van der Waals surface area (Å²) in [5.74, 6) is -1.86. The summed E-state index contributed by atoms with van der Waals surface area (Å²) in [6.45, 7) is 13.4. The molecule has 3 rings (SSSR count). The molecule has 9 heteroatoms. The van der Waals surface area contributed by atoms with Crippen molar-refractivity contribution in [1.82, 2.24) is 26.3 Å². The van der Waals surface area contributed by atoms with Crippen molar-refractivity contribution in [3.8, 4) is 0 Å². The largest absolute Gasteiger partial charge is 0.361 e. The van der Waals surface area contributed by atoms with Gasteiger partial charge in [0.2, 0.25) is 17.7 Å². The Kier molecular flexibility index (Phi) is 9.72. The van der Waals surface area contributed by atoms with Crippen LogP contribution in [0.1, 0.15) is 64.5 Å². The molecule has 1 aromatic heterocycles. The normalized spacial score (nSPS) is 24.6. The van der Waals surface area contributed by atoms with E-state index in [4.69, 9.17) is 0 Å². The second-order valence-corrected chi connectivity index (χ2v) is 11.0. The van der Waals surface area contributed by atoms with E-state index in [0.29, 0.717) is 19.3 Å². The molecule has 0 spiro atoms. The number of amides is 4. The fraction of sp³-hybridized carbons (Fsp3) is 0.517. The Labute approximate surface area is 224 Å². The minimum Gasteiger partial charge on any atom is -0.361 e. The first-order chi connectivity index (χ1) is 17.9. The maximum absolute atomic E-state index is 13.4. The quantitative estimate of drug-likeness (QED) is 0.394. The lowest BCUT2D eigenvalue weighted by Crippen LogP contribution is -2.53. The van der Waals surface area contributed by atoms with Crippen LogP contribution in [0.4, 0.5) is 0 Å². The zero-order valence-electron chi connectivity index (χ0n) is 23.1. The Morgan fingerprint density at radius 2 is 1.68 bits per heavy atom. The molecule has 206 valence electrons. The summed E-state index contributed by atoms with van der Waals surface area (Å²) in [4.78, 5) is 55.5. The number of carbonyl (C=O) groups excluding carboxylic acids is 4. The van der Waals surface area contributed by atoms with E-state index in [9.17, 15) is 19.2 Å². The smallest absolute Gasteiger partial charge is 0.267 e. The molecule has 5 N–H and O–H groups in total. The SMILES string of the molecule is C=C1NC(=O)C(Cc2c[nH]c3ccc(C)cc23)NC(=O)C(C)CCCC(C)NC(=O)C(CC(C)C)NC1=O. The van der Waals surface area contributed by atoms with E-state index >= 15 is 0 Å². The fourth-order valence-corrected chi connectivity index (χ4v) is 4.72. The van der Waals surface area contributed by atoms with Gasteiger partial charge < -0.3 is 26.3 Å². The topological polar surface area (TPSA) is 132 Å². The first kappa shape index (κ1) is 28.9. The van der Waals surface area contributed by atoms with Crippen molar-refractivity contribution in [2.75, 3.05) is 0 Å². The van der Waals surface area contributed by atoms with Crippen LogP contribution in [0, 0.1) is 18.8 Å². The molecule has 9 nitrogen and oxygen atoms in total. The lowest BCUT2D eigenvalue weighted by molar-refractivity contribution is -0.131. The number of fused-ring (bicyclic) bond motifs is 1. The predicted octanol–water partition coefficient (Wildman–Crippen LogP) is 2.99. The molecule has 0 saturated carbocycles. The van der Waals surface area contributed by atoms with Crippen molar-refractivity contribution in [2.24, 2.45) is 11.8 Å². The Bertz CT molecular complexity index is 1200. The Balaban J connectivity index is 1.87. The van der Waals surface area contributed by atoms with Crippen LogP contribution >= 0.6 is 0 Å². The Morgan fingerprint density at radius 3 is 2.39 bits per heavy atom. The van der Waals surface area contributed by atoms with E-state index in [1.165, 1.54) is 0 Å². The second kappa shape index (κ2) is 12.8. The summed E-state index contributed by atoms with van der Waals surface area (Å²) >= 11 is 0. The molecule has 1 aliphatic heterocycles. The number of aromatic nitrogens is 1. The van der Waals surface area contributed by atoms with Crippen LogP contribution in [0.15, 0.2) is 36.7 Å². The molecule has 4 unspecified atom stereocenters. The standard InChI is InChI=1S/C29H41N5O4/c1-16(2)12-24-28(37)31-19(5)9-7-8-18(4)26(35)33-25(29(38)32-20(6)27(36)34-24)14-21-15-30-23-11-10-17(3)13-22(21)23/h10-11,13,15-16,18-19,24-25,30H,6-9,12,14H2,1-5H3,(H,31,37)(H,32,38)(H,33,35)(H,34,36). The maximum atomic E-state index is 13.4. The van der Waals surface area contributed by atoms with Crippen molar-refractivity contribution >= 4 is 34.5 Å². The zero-order valence-corrected chi connectivity index (χ0v) is 23.1. The van der Waals surface area contributed by atoms with Gasteiger partial charge in [0.25, 0.3) is 5.91 Å². The molecular formula is C29H41N5O4. The van der Waals surface area contributed by atoms with E-state index in [1.807, 2.05) is 59.0 Å². The number of rotatable bonds is 4. The summed E-state index contributed by atoms with van der Waals surface area (Å²) in [7, 11) is 0. The van der Waals surface area contributed by atoms with Crippen molar-refractivity contribution in [3.63, 3.8) is 0 Å². The van der Waals surface area contributed by atoms with Gasteiger partial charge in [-0.2, -0.15) is 0 Å². The minimum absolute atomic E-state index is 0.113. The van der Waals surface area contributed by atoms with Crippen molar-refractivity contribution < 1.29 is 19.2 Å². The number of carbonyl (C=O) groups is 4. The minimum atomic E-state index is -0.921. The van der Waals surface area contributed by atoms with Gasteiger partial charge in [0.15, 0.2) is 0 Å². The van der Waals surface area contributed by atoms with E-state index in [2.05, 4.69) is 32.8 Å². The van der Waals surface area contributed by atoms with Crippen LogP contribution in [-0.4, -0.2) is 46.7 Å². The highest BCUT2D eigenvalue weighted by Gasteiger charge is 2.29. The van der Waals surface area contributed by atoms with Crippen LogP contribution in [-0.2, 0) is 25.6 Å². The van der Waals surface area contributed by atoms with Gasteiger partial charge in [0.1, 0.15) is 12.1 Å². The third kappa shape index (κ3) is 7.69.